The normalized spacial score (nSPS) is 18.0. The largest absolute Gasteiger partial charge is 0.363 e. The molecule has 3 heterocycles. The van der Waals surface area contributed by atoms with Crippen LogP contribution in [0.3, 0.4) is 0 Å². The van der Waals surface area contributed by atoms with Crippen LogP contribution in [0.4, 0.5) is 17.6 Å². The SMILES string of the molecule is CN(C(=O)c1cc2cc(F)c(F)cc2[nH]1)[C@@H]1CO[C@H](O)c2[nH]c(=O)c3cc(F)c(F)cc3c21. The van der Waals surface area contributed by atoms with Crippen LogP contribution >= 0.6 is 0 Å². The van der Waals surface area contributed by atoms with Crippen molar-refractivity contribution >= 4 is 27.6 Å². The first-order valence-electron chi connectivity index (χ1n) is 9.75. The van der Waals surface area contributed by atoms with Crippen molar-refractivity contribution in [3.63, 3.8) is 0 Å². The van der Waals surface area contributed by atoms with E-state index in [4.69, 9.17) is 4.74 Å². The Kier molecular flexibility index (Phi) is 4.76. The maximum Gasteiger partial charge on any atom is 0.270 e. The van der Waals surface area contributed by atoms with E-state index in [1.165, 1.54) is 18.0 Å². The number of aliphatic hydroxyl groups excluding tert-OH is 1. The summed E-state index contributed by atoms with van der Waals surface area (Å²) in [6.45, 7) is -0.222. The number of halogens is 4. The quantitative estimate of drug-likeness (QED) is 0.399. The van der Waals surface area contributed by atoms with Crippen LogP contribution < -0.4 is 5.56 Å². The highest BCUT2D eigenvalue weighted by molar-refractivity contribution is 5.98. The molecule has 0 radical (unpaired) electrons. The molecular formula is C22H15F4N3O4. The molecule has 170 valence electrons. The molecule has 0 saturated heterocycles. The summed E-state index contributed by atoms with van der Waals surface area (Å²) in [4.78, 5) is 31.9. The molecule has 1 aliphatic heterocycles. The smallest absolute Gasteiger partial charge is 0.270 e. The molecule has 11 heteroatoms. The summed E-state index contributed by atoms with van der Waals surface area (Å²) in [6, 6.07) is 3.87. The Hall–Kier alpha value is -3.70. The zero-order valence-electron chi connectivity index (χ0n) is 16.9. The van der Waals surface area contributed by atoms with Gasteiger partial charge >= 0.3 is 0 Å². The maximum atomic E-state index is 14.1. The van der Waals surface area contributed by atoms with Crippen molar-refractivity contribution in [2.24, 2.45) is 0 Å². The fraction of sp³-hybridized carbons (Fsp3) is 0.182. The number of likely N-dealkylation sites (N-methyl/N-ethyl adjacent to an activating group) is 1. The van der Waals surface area contributed by atoms with E-state index < -0.39 is 47.1 Å². The lowest BCUT2D eigenvalue weighted by Gasteiger charge is -2.35. The Morgan fingerprint density at radius 1 is 1.00 bits per heavy atom. The number of hydrogen-bond donors (Lipinski definition) is 3. The van der Waals surface area contributed by atoms with Gasteiger partial charge in [0.2, 0.25) is 0 Å². The van der Waals surface area contributed by atoms with Gasteiger partial charge in [0.05, 0.1) is 23.7 Å². The van der Waals surface area contributed by atoms with E-state index in [1.807, 2.05) is 0 Å². The van der Waals surface area contributed by atoms with Crippen LogP contribution in [0.1, 0.15) is 34.1 Å². The van der Waals surface area contributed by atoms with Crippen molar-refractivity contribution < 1.29 is 32.2 Å². The molecule has 2 aromatic heterocycles. The summed E-state index contributed by atoms with van der Waals surface area (Å²) in [5, 5.41) is 10.4. The molecular weight excluding hydrogens is 446 g/mol. The van der Waals surface area contributed by atoms with Gasteiger partial charge in [-0.25, -0.2) is 17.6 Å². The highest BCUT2D eigenvalue weighted by atomic mass is 19.2. The van der Waals surface area contributed by atoms with Gasteiger partial charge in [0, 0.05) is 29.6 Å². The number of fused-ring (bicyclic) bond motifs is 4. The number of aromatic amines is 2. The second-order valence-corrected chi connectivity index (χ2v) is 7.75. The number of ether oxygens (including phenoxy) is 1. The lowest BCUT2D eigenvalue weighted by atomic mass is 9.94. The van der Waals surface area contributed by atoms with E-state index in [0.717, 1.165) is 24.3 Å². The Morgan fingerprint density at radius 3 is 2.36 bits per heavy atom. The third-order valence-corrected chi connectivity index (χ3v) is 5.81. The van der Waals surface area contributed by atoms with E-state index in [1.54, 1.807) is 0 Å². The van der Waals surface area contributed by atoms with Gasteiger partial charge in [0.1, 0.15) is 5.69 Å². The summed E-state index contributed by atoms with van der Waals surface area (Å²) >= 11 is 0. The van der Waals surface area contributed by atoms with E-state index in [0.29, 0.717) is 0 Å². The molecule has 1 amide bonds. The third-order valence-electron chi connectivity index (χ3n) is 5.81. The summed E-state index contributed by atoms with van der Waals surface area (Å²) in [7, 11) is 1.40. The number of carbonyl (C=O) groups excluding carboxylic acids is 1. The number of H-pyrrole nitrogens is 2. The molecule has 5 rings (SSSR count). The number of aromatic nitrogens is 2. The molecule has 1 aliphatic rings. The van der Waals surface area contributed by atoms with Gasteiger partial charge in [-0.05, 0) is 29.7 Å². The Bertz CT molecular complexity index is 1470. The van der Waals surface area contributed by atoms with Gasteiger partial charge in [-0.1, -0.05) is 0 Å². The second kappa shape index (κ2) is 7.42. The van der Waals surface area contributed by atoms with Gasteiger partial charge in [-0.3, -0.25) is 9.59 Å². The monoisotopic (exact) mass is 461 g/mol. The molecule has 0 unspecified atom stereocenters. The minimum absolute atomic E-state index is 0.0103. The first-order valence-corrected chi connectivity index (χ1v) is 9.75. The van der Waals surface area contributed by atoms with Crippen molar-refractivity contribution in [3.8, 4) is 0 Å². The molecule has 4 aromatic rings. The summed E-state index contributed by atoms with van der Waals surface area (Å²) < 4.78 is 60.2. The van der Waals surface area contributed by atoms with Crippen LogP contribution in [0.2, 0.25) is 0 Å². The van der Waals surface area contributed by atoms with Crippen molar-refractivity contribution in [3.05, 3.63) is 80.9 Å². The van der Waals surface area contributed by atoms with Gasteiger partial charge in [0.25, 0.3) is 11.5 Å². The fourth-order valence-electron chi connectivity index (χ4n) is 4.14. The van der Waals surface area contributed by atoms with Crippen LogP contribution in [-0.4, -0.2) is 39.5 Å². The number of pyridine rings is 1. The molecule has 0 aliphatic carbocycles. The minimum atomic E-state index is -1.55. The molecule has 0 spiro atoms. The molecule has 7 nitrogen and oxygen atoms in total. The van der Waals surface area contributed by atoms with Crippen molar-refractivity contribution in [2.75, 3.05) is 13.7 Å². The molecule has 33 heavy (non-hydrogen) atoms. The predicted molar refractivity (Wildman–Crippen MR) is 108 cm³/mol. The van der Waals surface area contributed by atoms with Crippen LogP contribution in [0.5, 0.6) is 0 Å². The van der Waals surface area contributed by atoms with Crippen molar-refractivity contribution in [1.82, 2.24) is 14.9 Å². The molecule has 0 bridgehead atoms. The number of carbonyl (C=O) groups is 1. The van der Waals surface area contributed by atoms with Gasteiger partial charge < -0.3 is 24.7 Å². The number of benzene rings is 2. The maximum absolute atomic E-state index is 14.1. The van der Waals surface area contributed by atoms with Crippen LogP contribution in [-0.2, 0) is 4.74 Å². The number of amides is 1. The number of hydrogen-bond acceptors (Lipinski definition) is 4. The topological polar surface area (TPSA) is 98.4 Å². The van der Waals surface area contributed by atoms with Gasteiger partial charge in [0.15, 0.2) is 29.6 Å². The van der Waals surface area contributed by atoms with E-state index >= 15 is 0 Å². The van der Waals surface area contributed by atoms with Crippen LogP contribution in [0.15, 0.2) is 35.1 Å². The molecule has 0 saturated carbocycles. The number of aliphatic hydroxyl groups is 1. The summed E-state index contributed by atoms with van der Waals surface area (Å²) in [5.74, 6) is -5.18. The lowest BCUT2D eigenvalue weighted by molar-refractivity contribution is -0.129. The average molecular weight is 461 g/mol. The molecule has 3 N–H and O–H groups in total. The highest BCUT2D eigenvalue weighted by Gasteiger charge is 2.35. The number of rotatable bonds is 2. The van der Waals surface area contributed by atoms with E-state index in [9.17, 15) is 32.3 Å². The zero-order valence-corrected chi connectivity index (χ0v) is 16.9. The molecule has 2 atom stereocenters. The third kappa shape index (κ3) is 3.28. The van der Waals surface area contributed by atoms with Crippen molar-refractivity contribution in [2.45, 2.75) is 12.3 Å². The number of nitrogens with one attached hydrogen (secondary N) is 2. The van der Waals surface area contributed by atoms with Gasteiger partial charge in [-0.15, -0.1) is 0 Å². The summed E-state index contributed by atoms with van der Waals surface area (Å²) in [5.41, 5.74) is -0.453. The fourth-order valence-corrected chi connectivity index (χ4v) is 4.14. The summed E-state index contributed by atoms with van der Waals surface area (Å²) in [6.07, 6.45) is -1.55. The Morgan fingerprint density at radius 2 is 1.64 bits per heavy atom. The Balaban J connectivity index is 1.63. The first-order chi connectivity index (χ1) is 15.7. The van der Waals surface area contributed by atoms with Crippen LogP contribution in [0, 0.1) is 23.3 Å². The standard InChI is InChI=1S/C22H15F4N3O4/c1-29(21(31)16-3-8-2-11(23)14(26)6-15(8)27-16)17-7-33-22(32)19-18(17)9-4-12(24)13(25)5-10(9)20(30)28-19/h2-6,17,22,27,32H,7H2,1H3,(H,28,30)/t17-,22+/m1/s1. The van der Waals surface area contributed by atoms with E-state index in [-0.39, 0.29) is 45.2 Å². The molecule has 0 fully saturated rings. The lowest BCUT2D eigenvalue weighted by Crippen LogP contribution is -2.39. The van der Waals surface area contributed by atoms with E-state index in [2.05, 4.69) is 9.97 Å². The predicted octanol–water partition coefficient (Wildman–Crippen LogP) is 3.40. The highest BCUT2D eigenvalue weighted by Crippen LogP contribution is 2.37. The molecule has 2 aromatic carbocycles. The van der Waals surface area contributed by atoms with Crippen molar-refractivity contribution in [1.29, 1.82) is 0 Å². The average Bonchev–Trinajstić information content (AvgIpc) is 3.18. The zero-order chi connectivity index (χ0) is 23.6. The second-order valence-electron chi connectivity index (χ2n) is 7.75. The minimum Gasteiger partial charge on any atom is -0.363 e. The Labute approximate surface area is 182 Å². The van der Waals surface area contributed by atoms with Crippen LogP contribution in [0.25, 0.3) is 21.7 Å². The first kappa shape index (κ1) is 21.2. The van der Waals surface area contributed by atoms with Gasteiger partial charge in [-0.2, -0.15) is 0 Å². The number of nitrogens with zero attached hydrogens (tertiary/aromatic N) is 1.